The Kier molecular flexibility index (Phi) is 15.8. The van der Waals surface area contributed by atoms with Crippen molar-refractivity contribution in [1.82, 2.24) is 0 Å². The molecule has 0 saturated heterocycles. The van der Waals surface area contributed by atoms with Crippen LogP contribution < -0.4 is 11.5 Å². The van der Waals surface area contributed by atoms with Gasteiger partial charge in [0.1, 0.15) is 0 Å². The summed E-state index contributed by atoms with van der Waals surface area (Å²) in [7, 11) is -3.38. The molecule has 8 nitrogen and oxygen atoms in total. The molecule has 0 aromatic carbocycles. The Morgan fingerprint density at radius 3 is 2.22 bits per heavy atom. The Bertz CT molecular complexity index is 361. The molecule has 2 unspecified atom stereocenters. The number of aliphatic carboxylic acids is 1. The number of hydrogen-bond donors (Lipinski definition) is 4. The van der Waals surface area contributed by atoms with E-state index in [1.54, 1.807) is 19.9 Å². The molecule has 0 bridgehead atoms. The van der Waals surface area contributed by atoms with Gasteiger partial charge in [0.25, 0.3) is 7.37 Å². The van der Waals surface area contributed by atoms with Crippen molar-refractivity contribution >= 4 is 13.3 Å². The molecule has 0 amide bonds. The standard InChI is InChI=1S/C8H20NO4P.C6H11NO2/c1-3-12-8(13-4-2)14(10,11)7-5-6-9;1-2-5(7)3-4-6(8)9/h8H,3-7,9H2,1-2H3,(H,10,11);2,5H,1,3-4,7H2,(H,8,9). The fourth-order valence-electron chi connectivity index (χ4n) is 1.40. The highest BCUT2D eigenvalue weighted by Gasteiger charge is 2.31. The Hall–Kier alpha value is -0.760. The van der Waals surface area contributed by atoms with Crippen LogP contribution in [0.5, 0.6) is 0 Å². The van der Waals surface area contributed by atoms with Gasteiger partial charge in [0.15, 0.2) is 0 Å². The minimum Gasteiger partial charge on any atom is -0.481 e. The van der Waals surface area contributed by atoms with Gasteiger partial charge in [-0.2, -0.15) is 0 Å². The molecule has 0 spiro atoms. The molecule has 0 saturated carbocycles. The van der Waals surface area contributed by atoms with Crippen LogP contribution >= 0.6 is 7.37 Å². The minimum atomic E-state index is -3.38. The van der Waals surface area contributed by atoms with E-state index in [4.69, 9.17) is 26.0 Å². The number of ether oxygens (including phenoxy) is 2. The third kappa shape index (κ3) is 14.6. The van der Waals surface area contributed by atoms with E-state index in [9.17, 15) is 14.3 Å². The number of carboxylic acid groups (broad SMARTS) is 1. The zero-order valence-electron chi connectivity index (χ0n) is 14.0. The van der Waals surface area contributed by atoms with Gasteiger partial charge in [-0.1, -0.05) is 6.08 Å². The van der Waals surface area contributed by atoms with Gasteiger partial charge >= 0.3 is 5.97 Å². The Morgan fingerprint density at radius 2 is 1.87 bits per heavy atom. The molecule has 0 rings (SSSR count). The first-order valence-corrected chi connectivity index (χ1v) is 9.51. The SMILES string of the molecule is C=CC(N)CCC(=O)O.CCOC(OCC)P(=O)(O)CCCN. The normalized spacial score (nSPS) is 14.5. The second-order valence-corrected chi connectivity index (χ2v) is 7.05. The Morgan fingerprint density at radius 1 is 1.35 bits per heavy atom. The highest BCUT2D eigenvalue weighted by atomic mass is 31.2. The maximum Gasteiger partial charge on any atom is 0.303 e. The first kappa shape index (κ1) is 24.5. The molecule has 6 N–H and O–H groups in total. The van der Waals surface area contributed by atoms with E-state index in [2.05, 4.69) is 6.58 Å². The highest BCUT2D eigenvalue weighted by Crippen LogP contribution is 2.47. The molecule has 0 aliphatic carbocycles. The zero-order valence-corrected chi connectivity index (χ0v) is 14.9. The van der Waals surface area contributed by atoms with Crippen LogP contribution in [-0.2, 0) is 18.8 Å². The number of rotatable bonds is 12. The lowest BCUT2D eigenvalue weighted by Crippen LogP contribution is -2.20. The fourth-order valence-corrected chi connectivity index (χ4v) is 3.01. The average Bonchev–Trinajstić information content (AvgIpc) is 2.51. The number of hydrogen-bond acceptors (Lipinski definition) is 6. The van der Waals surface area contributed by atoms with E-state index in [-0.39, 0.29) is 18.6 Å². The van der Waals surface area contributed by atoms with Gasteiger partial charge in [0, 0.05) is 31.8 Å². The van der Waals surface area contributed by atoms with E-state index in [1.165, 1.54) is 0 Å². The monoisotopic (exact) mass is 354 g/mol. The largest absolute Gasteiger partial charge is 0.481 e. The summed E-state index contributed by atoms with van der Waals surface area (Å²) in [4.78, 5) is 19.5. The summed E-state index contributed by atoms with van der Waals surface area (Å²) < 4.78 is 21.8. The van der Waals surface area contributed by atoms with E-state index in [1.807, 2.05) is 0 Å². The molecule has 0 aromatic heterocycles. The second kappa shape index (κ2) is 14.8. The number of nitrogens with two attached hydrogens (primary N) is 2. The lowest BCUT2D eigenvalue weighted by molar-refractivity contribution is -0.137. The van der Waals surface area contributed by atoms with E-state index in [0.29, 0.717) is 32.6 Å². The van der Waals surface area contributed by atoms with E-state index in [0.717, 1.165) is 0 Å². The minimum absolute atomic E-state index is 0.118. The van der Waals surface area contributed by atoms with Crippen molar-refractivity contribution in [2.75, 3.05) is 25.9 Å². The summed E-state index contributed by atoms with van der Waals surface area (Å²) in [5.41, 5.74) is 10.6. The number of carbonyl (C=O) groups is 1. The van der Waals surface area contributed by atoms with Crippen LogP contribution in [0.25, 0.3) is 0 Å². The molecule has 138 valence electrons. The first-order chi connectivity index (χ1) is 10.7. The highest BCUT2D eigenvalue weighted by molar-refractivity contribution is 7.58. The topological polar surface area (TPSA) is 145 Å². The van der Waals surface area contributed by atoms with E-state index < -0.39 is 19.4 Å². The molecule has 0 fully saturated rings. The predicted octanol–water partition coefficient (Wildman–Crippen LogP) is 1.33. The maximum atomic E-state index is 11.7. The molecular weight excluding hydrogens is 323 g/mol. The maximum absolute atomic E-state index is 11.7. The van der Waals surface area contributed by atoms with Crippen LogP contribution in [0.2, 0.25) is 0 Å². The van der Waals surface area contributed by atoms with Gasteiger partial charge in [-0.05, 0) is 33.2 Å². The average molecular weight is 354 g/mol. The fraction of sp³-hybridized carbons (Fsp3) is 0.786. The summed E-state index contributed by atoms with van der Waals surface area (Å²) in [5.74, 6) is -0.813. The molecular formula is C14H31N2O6P. The third-order valence-electron chi connectivity index (χ3n) is 2.62. The summed E-state index contributed by atoms with van der Waals surface area (Å²) in [5, 5.41) is 8.17. The Balaban J connectivity index is 0. The van der Waals surface area contributed by atoms with Crippen molar-refractivity contribution in [3.63, 3.8) is 0 Å². The van der Waals surface area contributed by atoms with Crippen molar-refractivity contribution in [3.8, 4) is 0 Å². The van der Waals surface area contributed by atoms with Gasteiger partial charge in [0.2, 0.25) is 6.03 Å². The van der Waals surface area contributed by atoms with Crippen LogP contribution in [0.4, 0.5) is 0 Å². The van der Waals surface area contributed by atoms with Crippen LogP contribution in [0, 0.1) is 0 Å². The van der Waals surface area contributed by atoms with Crippen molar-refractivity contribution in [1.29, 1.82) is 0 Å². The van der Waals surface area contributed by atoms with Gasteiger partial charge in [-0.25, -0.2) is 0 Å². The zero-order chi connectivity index (χ0) is 18.3. The summed E-state index contributed by atoms with van der Waals surface area (Å²) in [6.45, 7) is 8.05. The van der Waals surface area contributed by atoms with Crippen LogP contribution in [0.1, 0.15) is 33.1 Å². The second-order valence-electron chi connectivity index (χ2n) is 4.67. The molecule has 23 heavy (non-hydrogen) atoms. The van der Waals surface area contributed by atoms with Gasteiger partial charge < -0.3 is 30.9 Å². The molecule has 0 aromatic rings. The van der Waals surface area contributed by atoms with Crippen molar-refractivity contribution < 1.29 is 28.8 Å². The smallest absolute Gasteiger partial charge is 0.303 e. The van der Waals surface area contributed by atoms with Gasteiger partial charge in [0.05, 0.1) is 0 Å². The van der Waals surface area contributed by atoms with E-state index >= 15 is 0 Å². The molecule has 0 heterocycles. The summed E-state index contributed by atoms with van der Waals surface area (Å²) in [6.07, 6.45) is 2.79. The summed E-state index contributed by atoms with van der Waals surface area (Å²) in [6, 6.07) is -1.18. The quantitative estimate of drug-likeness (QED) is 0.233. The van der Waals surface area contributed by atoms with Crippen molar-refractivity contribution in [2.24, 2.45) is 11.5 Å². The van der Waals surface area contributed by atoms with Crippen molar-refractivity contribution in [2.45, 2.75) is 45.2 Å². The van der Waals surface area contributed by atoms with Crippen LogP contribution in [0.3, 0.4) is 0 Å². The third-order valence-corrected chi connectivity index (χ3v) is 4.54. The number of carboxylic acids is 1. The van der Waals surface area contributed by atoms with Crippen molar-refractivity contribution in [3.05, 3.63) is 12.7 Å². The molecule has 2 atom stereocenters. The molecule has 9 heteroatoms. The molecule has 0 aliphatic rings. The van der Waals surface area contributed by atoms with Crippen LogP contribution in [-0.4, -0.2) is 54.0 Å². The van der Waals surface area contributed by atoms with Gasteiger partial charge in [-0.3, -0.25) is 9.36 Å². The Labute approximate surface area is 138 Å². The first-order valence-electron chi connectivity index (χ1n) is 7.59. The van der Waals surface area contributed by atoms with Crippen LogP contribution in [0.15, 0.2) is 12.7 Å². The molecule has 0 radical (unpaired) electrons. The van der Waals surface area contributed by atoms with Gasteiger partial charge in [-0.15, -0.1) is 6.58 Å². The summed E-state index contributed by atoms with van der Waals surface area (Å²) >= 11 is 0. The molecule has 0 aliphatic heterocycles. The predicted molar refractivity (Wildman–Crippen MR) is 90.4 cm³/mol. The lowest BCUT2D eigenvalue weighted by atomic mass is 10.2. The lowest BCUT2D eigenvalue weighted by Gasteiger charge is -2.22.